The topological polar surface area (TPSA) is 29.1 Å². The van der Waals surface area contributed by atoms with Gasteiger partial charge in [-0.3, -0.25) is 4.79 Å². The van der Waals surface area contributed by atoms with Crippen LogP contribution in [0.5, 0.6) is 0 Å². The zero-order valence-electron chi connectivity index (χ0n) is 13.9. The quantitative estimate of drug-likeness (QED) is 0.664. The lowest BCUT2D eigenvalue weighted by Crippen LogP contribution is -2.45. The number of carbonyl (C=O) groups is 1. The Hall–Kier alpha value is -1.00. The minimum Gasteiger partial charge on any atom is -0.361 e. The smallest absolute Gasteiger partial charge is 0.166 e. The minimum atomic E-state index is -0.900. The van der Waals surface area contributed by atoms with E-state index in [1.165, 1.54) is 11.8 Å². The first-order valence-corrected chi connectivity index (χ1v) is 9.82. The number of allylic oxidation sites excluding steroid dienone is 8. The monoisotopic (exact) mass is 365 g/mol. The Morgan fingerprint density at radius 3 is 2.88 bits per heavy atom. The number of hydrogen-bond acceptors (Lipinski definition) is 3. The molecular formula is C19H21ClFNOS. The van der Waals surface area contributed by atoms with Gasteiger partial charge in [0.05, 0.1) is 4.87 Å². The number of rotatable bonds is 1. The van der Waals surface area contributed by atoms with Gasteiger partial charge in [0.15, 0.2) is 5.78 Å². The molecule has 2 aliphatic heterocycles. The van der Waals surface area contributed by atoms with E-state index in [4.69, 9.17) is 11.6 Å². The van der Waals surface area contributed by atoms with Crippen molar-refractivity contribution in [1.82, 2.24) is 5.32 Å². The molecule has 2 atom stereocenters. The van der Waals surface area contributed by atoms with Crippen molar-refractivity contribution in [2.75, 3.05) is 5.75 Å². The maximum Gasteiger partial charge on any atom is 0.166 e. The van der Waals surface area contributed by atoms with Gasteiger partial charge >= 0.3 is 0 Å². The van der Waals surface area contributed by atoms with Crippen LogP contribution in [0.4, 0.5) is 4.39 Å². The maximum atomic E-state index is 14.0. The highest BCUT2D eigenvalue weighted by Gasteiger charge is 2.51. The molecular weight excluding hydrogens is 345 g/mol. The summed E-state index contributed by atoms with van der Waals surface area (Å²) < 4.78 is 14.0. The highest BCUT2D eigenvalue weighted by molar-refractivity contribution is 8.03. The van der Waals surface area contributed by atoms with Crippen LogP contribution < -0.4 is 5.32 Å². The van der Waals surface area contributed by atoms with E-state index in [0.717, 1.165) is 41.2 Å². The van der Waals surface area contributed by atoms with Gasteiger partial charge in [0, 0.05) is 45.4 Å². The first-order valence-electron chi connectivity index (χ1n) is 8.45. The molecule has 5 heteroatoms. The number of hydrogen-bond donors (Lipinski definition) is 1. The number of Topliss-reactive ketones (excluding diaryl/α,β-unsaturated/α-hetero) is 1. The second-order valence-corrected chi connectivity index (χ2v) is 9.52. The highest BCUT2D eigenvalue weighted by atomic mass is 35.5. The van der Waals surface area contributed by atoms with E-state index in [1.54, 1.807) is 17.8 Å². The van der Waals surface area contributed by atoms with E-state index in [-0.39, 0.29) is 29.4 Å². The third-order valence-corrected chi connectivity index (χ3v) is 7.19. The van der Waals surface area contributed by atoms with Gasteiger partial charge in [-0.05, 0) is 25.3 Å². The van der Waals surface area contributed by atoms with Gasteiger partial charge in [0.2, 0.25) is 0 Å². The number of carbonyl (C=O) groups excluding carboxylic acids is 1. The Labute approximate surface area is 151 Å². The number of dihydropyridines is 1. The number of alkyl halides is 1. The summed E-state index contributed by atoms with van der Waals surface area (Å²) in [4.78, 5) is 13.5. The molecule has 0 aromatic carbocycles. The zero-order chi connectivity index (χ0) is 17.1. The number of ketones is 1. The molecule has 2 aliphatic carbocycles. The molecule has 128 valence electrons. The summed E-state index contributed by atoms with van der Waals surface area (Å²) in [6.45, 7) is 4.00. The molecule has 0 aromatic heterocycles. The minimum absolute atomic E-state index is 0.136. The van der Waals surface area contributed by atoms with Crippen molar-refractivity contribution in [3.05, 3.63) is 45.9 Å². The van der Waals surface area contributed by atoms with Crippen molar-refractivity contribution in [3.63, 3.8) is 0 Å². The molecule has 2 unspecified atom stereocenters. The number of nitrogens with one attached hydrogen (secondary N) is 1. The maximum absolute atomic E-state index is 14.0. The SMILES string of the molecule is CC1(C)CCC2=C(C1=O)C(C1(Cl)C=CC=C(F)C1)C1=C(CCS1)N2. The van der Waals surface area contributed by atoms with Crippen molar-refractivity contribution in [1.29, 1.82) is 0 Å². The van der Waals surface area contributed by atoms with Crippen LogP contribution in [0.3, 0.4) is 0 Å². The van der Waals surface area contributed by atoms with Crippen molar-refractivity contribution in [2.24, 2.45) is 11.3 Å². The van der Waals surface area contributed by atoms with E-state index in [2.05, 4.69) is 5.32 Å². The molecule has 2 heterocycles. The third kappa shape index (κ3) is 2.41. The Balaban J connectivity index is 1.85. The zero-order valence-corrected chi connectivity index (χ0v) is 15.5. The average molecular weight is 366 g/mol. The Morgan fingerprint density at radius 2 is 2.12 bits per heavy atom. The van der Waals surface area contributed by atoms with Gasteiger partial charge in [-0.25, -0.2) is 4.39 Å². The van der Waals surface area contributed by atoms with Gasteiger partial charge in [0.1, 0.15) is 5.83 Å². The van der Waals surface area contributed by atoms with E-state index < -0.39 is 4.87 Å². The highest BCUT2D eigenvalue weighted by Crippen LogP contribution is 2.55. The number of halogens is 2. The Bertz CT molecular complexity index is 748. The summed E-state index contributed by atoms with van der Waals surface area (Å²) in [5.74, 6) is 0.673. The normalized spacial score (nSPS) is 34.8. The van der Waals surface area contributed by atoms with E-state index in [9.17, 15) is 9.18 Å². The molecule has 2 nitrogen and oxygen atoms in total. The van der Waals surface area contributed by atoms with Crippen LogP contribution in [0.15, 0.2) is 45.9 Å². The van der Waals surface area contributed by atoms with Crippen LogP contribution in [0.2, 0.25) is 0 Å². The molecule has 0 saturated heterocycles. The molecule has 0 radical (unpaired) electrons. The van der Waals surface area contributed by atoms with Crippen LogP contribution in [0.25, 0.3) is 0 Å². The largest absolute Gasteiger partial charge is 0.361 e. The van der Waals surface area contributed by atoms with Crippen LogP contribution in [0, 0.1) is 11.3 Å². The molecule has 4 aliphatic rings. The van der Waals surface area contributed by atoms with Gasteiger partial charge in [0.25, 0.3) is 0 Å². The lowest BCUT2D eigenvalue weighted by molar-refractivity contribution is -0.124. The predicted molar refractivity (Wildman–Crippen MR) is 97.3 cm³/mol. The Morgan fingerprint density at radius 1 is 1.33 bits per heavy atom. The molecule has 0 saturated carbocycles. The molecule has 0 fully saturated rings. The summed E-state index contributed by atoms with van der Waals surface area (Å²) in [7, 11) is 0. The summed E-state index contributed by atoms with van der Waals surface area (Å²) >= 11 is 8.72. The van der Waals surface area contributed by atoms with Gasteiger partial charge in [-0.2, -0.15) is 0 Å². The first kappa shape index (κ1) is 16.5. The lowest BCUT2D eigenvalue weighted by Gasteiger charge is -2.44. The van der Waals surface area contributed by atoms with Gasteiger partial charge < -0.3 is 5.32 Å². The summed E-state index contributed by atoms with van der Waals surface area (Å²) in [5, 5.41) is 3.51. The van der Waals surface area contributed by atoms with Crippen molar-refractivity contribution < 1.29 is 9.18 Å². The second-order valence-electron chi connectivity index (χ2n) is 7.68. The lowest BCUT2D eigenvalue weighted by atomic mass is 9.66. The van der Waals surface area contributed by atoms with Crippen LogP contribution in [-0.4, -0.2) is 16.4 Å². The van der Waals surface area contributed by atoms with Gasteiger partial charge in [-0.15, -0.1) is 23.4 Å². The molecule has 0 bridgehead atoms. The fourth-order valence-electron chi connectivity index (χ4n) is 4.14. The summed E-state index contributed by atoms with van der Waals surface area (Å²) in [6, 6.07) is 0. The van der Waals surface area contributed by atoms with Gasteiger partial charge in [-0.1, -0.05) is 26.0 Å². The van der Waals surface area contributed by atoms with Crippen LogP contribution in [-0.2, 0) is 4.79 Å². The summed E-state index contributed by atoms with van der Waals surface area (Å²) in [6.07, 6.45) is 7.79. The molecule has 1 N–H and O–H groups in total. The fraction of sp³-hybridized carbons (Fsp3) is 0.526. The first-order chi connectivity index (χ1) is 11.3. The third-order valence-electron chi connectivity index (χ3n) is 5.51. The van der Waals surface area contributed by atoms with E-state index >= 15 is 0 Å². The van der Waals surface area contributed by atoms with Crippen molar-refractivity contribution in [3.8, 4) is 0 Å². The van der Waals surface area contributed by atoms with Crippen LogP contribution in [0.1, 0.15) is 39.5 Å². The average Bonchev–Trinajstić information content (AvgIpc) is 2.97. The predicted octanol–water partition coefficient (Wildman–Crippen LogP) is 4.99. The van der Waals surface area contributed by atoms with Crippen molar-refractivity contribution in [2.45, 2.75) is 44.4 Å². The summed E-state index contributed by atoms with van der Waals surface area (Å²) in [5.41, 5.74) is 2.59. The molecule has 24 heavy (non-hydrogen) atoms. The molecule has 0 amide bonds. The Kier molecular flexibility index (Phi) is 3.77. The molecule has 0 aromatic rings. The fourth-order valence-corrected chi connectivity index (χ4v) is 5.97. The number of thioether (sulfide) groups is 1. The second kappa shape index (κ2) is 5.50. The standard InChI is InChI=1S/C19H21ClFNOS/c1-18(2)8-5-12-14(17(18)23)15(16-13(22-12)6-9-24-16)19(20)7-3-4-11(21)10-19/h3-4,7,15,22H,5-6,8-10H2,1-2H3. The van der Waals surface area contributed by atoms with Crippen LogP contribution >= 0.6 is 23.4 Å². The van der Waals surface area contributed by atoms with Crippen molar-refractivity contribution >= 4 is 29.1 Å². The van der Waals surface area contributed by atoms with E-state index in [0.29, 0.717) is 0 Å². The molecule has 0 spiro atoms. The van der Waals surface area contributed by atoms with E-state index in [1.807, 2.05) is 19.9 Å². The molecule has 4 rings (SSSR count).